The summed E-state index contributed by atoms with van der Waals surface area (Å²) in [4.78, 5) is 27.6. The van der Waals surface area contributed by atoms with Gasteiger partial charge in [0, 0.05) is 6.07 Å². The maximum Gasteiger partial charge on any atom is 0.288 e. The van der Waals surface area contributed by atoms with Gasteiger partial charge in [-0.15, -0.1) is 12.4 Å². The van der Waals surface area contributed by atoms with E-state index < -0.39 is 4.92 Å². The number of aryl methyl sites for hydroxylation is 2. The predicted molar refractivity (Wildman–Crippen MR) is 95.7 cm³/mol. The van der Waals surface area contributed by atoms with E-state index in [9.17, 15) is 14.9 Å². The van der Waals surface area contributed by atoms with E-state index in [1.54, 1.807) is 32.0 Å². The van der Waals surface area contributed by atoms with Crippen molar-refractivity contribution in [3.8, 4) is 5.69 Å². The van der Waals surface area contributed by atoms with Gasteiger partial charge >= 0.3 is 0 Å². The summed E-state index contributed by atoms with van der Waals surface area (Å²) in [7, 11) is 0. The van der Waals surface area contributed by atoms with E-state index in [4.69, 9.17) is 11.6 Å². The molecule has 0 aliphatic heterocycles. The van der Waals surface area contributed by atoms with E-state index in [1.807, 2.05) is 6.07 Å². The molecule has 0 bridgehead atoms. The molecule has 0 unspecified atom stereocenters. The van der Waals surface area contributed by atoms with Gasteiger partial charge in [-0.05, 0) is 37.6 Å². The van der Waals surface area contributed by atoms with Crippen molar-refractivity contribution in [1.82, 2.24) is 9.55 Å². The Morgan fingerprint density at radius 3 is 2.54 bits per heavy atom. The average molecular weight is 366 g/mol. The van der Waals surface area contributed by atoms with Crippen molar-refractivity contribution in [3.05, 3.63) is 73.3 Å². The van der Waals surface area contributed by atoms with Crippen LogP contribution in [0.5, 0.6) is 0 Å². The summed E-state index contributed by atoms with van der Waals surface area (Å²) in [6, 6.07) is 9.83. The molecule has 0 N–H and O–H groups in total. The fourth-order valence-electron chi connectivity index (χ4n) is 2.56. The van der Waals surface area contributed by atoms with Gasteiger partial charge in [0.2, 0.25) is 0 Å². The molecule has 6 nitrogen and oxygen atoms in total. The zero-order valence-corrected chi connectivity index (χ0v) is 14.4. The molecular weight excluding hydrogens is 353 g/mol. The van der Waals surface area contributed by atoms with E-state index in [1.165, 1.54) is 16.7 Å². The van der Waals surface area contributed by atoms with Crippen LogP contribution in [0.3, 0.4) is 0 Å². The molecule has 1 aromatic heterocycles. The molecular formula is C16H13Cl2N3O3. The molecule has 0 saturated heterocycles. The summed E-state index contributed by atoms with van der Waals surface area (Å²) in [5.74, 6) is 0.488. The first-order valence-electron chi connectivity index (χ1n) is 6.83. The Bertz CT molecular complexity index is 1020. The number of nitro benzene ring substituents is 1. The highest BCUT2D eigenvalue weighted by Gasteiger charge is 2.18. The van der Waals surface area contributed by atoms with Crippen molar-refractivity contribution in [2.24, 2.45) is 0 Å². The van der Waals surface area contributed by atoms with Gasteiger partial charge in [-0.1, -0.05) is 23.7 Å². The van der Waals surface area contributed by atoms with Gasteiger partial charge in [-0.3, -0.25) is 19.5 Å². The Hall–Kier alpha value is -2.44. The minimum absolute atomic E-state index is 0. The standard InChI is InChI=1S/C16H12ClN3O3.ClH/c1-9-7-15(20(22)23)12(17)8-14(9)19-10(2)18-13-6-4-3-5-11(13)16(19)21;/h3-8H,1-2H3;1H. The number of rotatable bonds is 2. The molecule has 3 rings (SSSR count). The molecule has 0 aliphatic rings. The third kappa shape index (κ3) is 2.86. The van der Waals surface area contributed by atoms with Gasteiger partial charge in [0.25, 0.3) is 11.2 Å². The molecule has 0 fully saturated rings. The van der Waals surface area contributed by atoms with Gasteiger partial charge in [0.15, 0.2) is 0 Å². The van der Waals surface area contributed by atoms with E-state index in [-0.39, 0.29) is 28.7 Å². The second-order valence-corrected chi connectivity index (χ2v) is 5.57. The number of fused-ring (bicyclic) bond motifs is 1. The summed E-state index contributed by atoms with van der Waals surface area (Å²) in [6.07, 6.45) is 0. The van der Waals surface area contributed by atoms with Crippen LogP contribution in [-0.4, -0.2) is 14.5 Å². The number of para-hydroxylation sites is 1. The van der Waals surface area contributed by atoms with Gasteiger partial charge in [-0.25, -0.2) is 4.98 Å². The van der Waals surface area contributed by atoms with Crippen molar-refractivity contribution in [2.75, 3.05) is 0 Å². The van der Waals surface area contributed by atoms with Crippen LogP contribution in [0.1, 0.15) is 11.4 Å². The topological polar surface area (TPSA) is 78.0 Å². The highest BCUT2D eigenvalue weighted by atomic mass is 35.5. The number of aromatic nitrogens is 2. The zero-order chi connectivity index (χ0) is 16.7. The van der Waals surface area contributed by atoms with Crippen LogP contribution in [0.2, 0.25) is 5.02 Å². The lowest BCUT2D eigenvalue weighted by Gasteiger charge is -2.13. The fourth-order valence-corrected chi connectivity index (χ4v) is 2.79. The molecule has 3 aromatic rings. The van der Waals surface area contributed by atoms with Crippen LogP contribution >= 0.6 is 24.0 Å². The van der Waals surface area contributed by atoms with E-state index in [0.717, 1.165) is 0 Å². The average Bonchev–Trinajstić information content (AvgIpc) is 2.50. The Labute approximate surface area is 148 Å². The van der Waals surface area contributed by atoms with Crippen molar-refractivity contribution in [3.63, 3.8) is 0 Å². The molecule has 124 valence electrons. The normalized spacial score (nSPS) is 10.5. The molecule has 8 heteroatoms. The SMILES string of the molecule is Cc1cc([N+](=O)[O-])c(Cl)cc1-n1c(C)nc2ccccc2c1=O.Cl. The predicted octanol–water partition coefficient (Wildman–Crippen LogP) is 3.99. The highest BCUT2D eigenvalue weighted by molar-refractivity contribution is 6.32. The number of nitrogens with zero attached hydrogens (tertiary/aromatic N) is 3. The van der Waals surface area contributed by atoms with E-state index in [2.05, 4.69) is 4.98 Å². The summed E-state index contributed by atoms with van der Waals surface area (Å²) in [6.45, 7) is 3.41. The molecule has 24 heavy (non-hydrogen) atoms. The molecule has 0 aliphatic carbocycles. The quantitative estimate of drug-likeness (QED) is 0.508. The Morgan fingerprint density at radius 1 is 1.21 bits per heavy atom. The third-order valence-electron chi connectivity index (χ3n) is 3.65. The van der Waals surface area contributed by atoms with Gasteiger partial charge in [-0.2, -0.15) is 0 Å². The summed E-state index contributed by atoms with van der Waals surface area (Å²) in [5, 5.41) is 11.4. The number of halogens is 2. The summed E-state index contributed by atoms with van der Waals surface area (Å²) < 4.78 is 1.42. The van der Waals surface area contributed by atoms with Crippen LogP contribution in [0.4, 0.5) is 5.69 Å². The lowest BCUT2D eigenvalue weighted by molar-refractivity contribution is -0.384. The Balaban J connectivity index is 0.00000208. The Kier molecular flexibility index (Phi) is 4.91. The summed E-state index contributed by atoms with van der Waals surface area (Å²) in [5.41, 5.74) is 1.25. The second kappa shape index (κ2) is 6.59. The van der Waals surface area contributed by atoms with Gasteiger partial charge < -0.3 is 0 Å². The summed E-state index contributed by atoms with van der Waals surface area (Å²) >= 11 is 5.99. The maximum atomic E-state index is 12.8. The number of hydrogen-bond acceptors (Lipinski definition) is 4. The van der Waals surface area contributed by atoms with Gasteiger partial charge in [0.1, 0.15) is 10.8 Å². The molecule has 1 heterocycles. The molecule has 0 radical (unpaired) electrons. The number of hydrogen-bond donors (Lipinski definition) is 0. The van der Waals surface area contributed by atoms with E-state index in [0.29, 0.717) is 28.0 Å². The molecule has 0 amide bonds. The Morgan fingerprint density at radius 2 is 1.88 bits per heavy atom. The molecule has 0 saturated carbocycles. The highest BCUT2D eigenvalue weighted by Crippen LogP contribution is 2.29. The number of benzene rings is 2. The van der Waals surface area contributed by atoms with Crippen LogP contribution in [0.25, 0.3) is 16.6 Å². The van der Waals surface area contributed by atoms with Crippen molar-refractivity contribution < 1.29 is 4.92 Å². The van der Waals surface area contributed by atoms with E-state index >= 15 is 0 Å². The first-order chi connectivity index (χ1) is 10.9. The molecule has 0 spiro atoms. The number of nitro groups is 1. The minimum atomic E-state index is -0.548. The lowest BCUT2D eigenvalue weighted by Crippen LogP contribution is -2.23. The van der Waals surface area contributed by atoms with Crippen LogP contribution < -0.4 is 5.56 Å². The van der Waals surface area contributed by atoms with Crippen molar-refractivity contribution in [2.45, 2.75) is 13.8 Å². The monoisotopic (exact) mass is 365 g/mol. The van der Waals surface area contributed by atoms with Crippen LogP contribution in [0.15, 0.2) is 41.2 Å². The van der Waals surface area contributed by atoms with Crippen molar-refractivity contribution >= 4 is 40.6 Å². The zero-order valence-electron chi connectivity index (χ0n) is 12.8. The largest absolute Gasteiger partial charge is 0.288 e. The lowest BCUT2D eigenvalue weighted by atomic mass is 10.1. The minimum Gasteiger partial charge on any atom is -0.268 e. The van der Waals surface area contributed by atoms with Crippen molar-refractivity contribution in [1.29, 1.82) is 0 Å². The third-order valence-corrected chi connectivity index (χ3v) is 3.95. The second-order valence-electron chi connectivity index (χ2n) is 5.16. The first kappa shape index (κ1) is 17.9. The maximum absolute atomic E-state index is 12.8. The van der Waals surface area contributed by atoms with Crippen LogP contribution in [0, 0.1) is 24.0 Å². The molecule has 0 atom stereocenters. The smallest absolute Gasteiger partial charge is 0.268 e. The first-order valence-corrected chi connectivity index (χ1v) is 7.21. The fraction of sp³-hybridized carbons (Fsp3) is 0.125. The van der Waals surface area contributed by atoms with Gasteiger partial charge in [0.05, 0.1) is 21.5 Å². The van der Waals surface area contributed by atoms with Crippen LogP contribution in [-0.2, 0) is 0 Å². The molecule has 2 aromatic carbocycles.